The number of aromatic nitrogens is 2. The van der Waals surface area contributed by atoms with Crippen molar-refractivity contribution in [3.63, 3.8) is 0 Å². The highest BCUT2D eigenvalue weighted by Crippen LogP contribution is 2.34. The predicted octanol–water partition coefficient (Wildman–Crippen LogP) is 4.17. The van der Waals surface area contributed by atoms with E-state index in [9.17, 15) is 9.59 Å². The van der Waals surface area contributed by atoms with E-state index in [0.29, 0.717) is 29.0 Å². The van der Waals surface area contributed by atoms with Gasteiger partial charge in [-0.1, -0.05) is 37.5 Å². The van der Waals surface area contributed by atoms with Crippen molar-refractivity contribution in [1.29, 1.82) is 0 Å². The van der Waals surface area contributed by atoms with Gasteiger partial charge in [-0.05, 0) is 31.0 Å². The predicted molar refractivity (Wildman–Crippen MR) is 111 cm³/mol. The molecular weight excluding hydrogens is 364 g/mol. The molecule has 0 saturated heterocycles. The van der Waals surface area contributed by atoms with Crippen LogP contribution in [0.4, 0.5) is 5.69 Å². The van der Waals surface area contributed by atoms with Gasteiger partial charge in [-0.25, -0.2) is 4.98 Å². The molecule has 0 unspecified atom stereocenters. The average molecular weight is 386 g/mol. The standard InChI is InChI=1S/C23H22N4O2/c28-22(25-15-7-6-12-24-13-15)20-17-10-4-5-11-19(17)26-21-18(20)14-27(23(21)29)16-8-2-1-3-9-16/h4-7,10-13,16H,1-3,8-9,14H2,(H,25,28). The maximum atomic E-state index is 13.3. The number of para-hydroxylation sites is 1. The summed E-state index contributed by atoms with van der Waals surface area (Å²) in [5.74, 6) is -0.278. The third-order valence-corrected chi connectivity index (χ3v) is 5.95. The minimum Gasteiger partial charge on any atom is -0.330 e. The molecule has 2 aromatic heterocycles. The summed E-state index contributed by atoms with van der Waals surface area (Å²) in [7, 11) is 0. The Kier molecular flexibility index (Phi) is 4.46. The molecule has 0 atom stereocenters. The Hall–Kier alpha value is -3.28. The first-order chi connectivity index (χ1) is 14.2. The van der Waals surface area contributed by atoms with Crippen LogP contribution in [0.5, 0.6) is 0 Å². The number of hydrogen-bond acceptors (Lipinski definition) is 4. The molecule has 3 heterocycles. The lowest BCUT2D eigenvalue weighted by molar-refractivity contribution is 0.0655. The molecule has 146 valence electrons. The van der Waals surface area contributed by atoms with Crippen LogP contribution in [0.15, 0.2) is 48.8 Å². The molecular formula is C23H22N4O2. The van der Waals surface area contributed by atoms with Crippen LogP contribution in [-0.2, 0) is 6.54 Å². The minimum absolute atomic E-state index is 0.0481. The van der Waals surface area contributed by atoms with E-state index in [4.69, 9.17) is 0 Å². The summed E-state index contributed by atoms with van der Waals surface area (Å²) in [6, 6.07) is 11.3. The molecule has 1 saturated carbocycles. The van der Waals surface area contributed by atoms with Crippen molar-refractivity contribution >= 4 is 28.4 Å². The maximum Gasteiger partial charge on any atom is 0.273 e. The monoisotopic (exact) mass is 386 g/mol. The summed E-state index contributed by atoms with van der Waals surface area (Å²) in [5, 5.41) is 3.70. The molecule has 6 nitrogen and oxygen atoms in total. The van der Waals surface area contributed by atoms with Gasteiger partial charge in [0.15, 0.2) is 0 Å². The number of rotatable bonds is 3. The number of benzene rings is 1. The zero-order chi connectivity index (χ0) is 19.8. The molecule has 0 spiro atoms. The van der Waals surface area contributed by atoms with E-state index >= 15 is 0 Å². The number of amides is 2. The van der Waals surface area contributed by atoms with Gasteiger partial charge in [-0.15, -0.1) is 0 Å². The molecule has 5 rings (SSSR count). The third kappa shape index (κ3) is 3.14. The fourth-order valence-corrected chi connectivity index (χ4v) is 4.54. The molecule has 1 fully saturated rings. The Labute approximate surface area is 169 Å². The van der Waals surface area contributed by atoms with Crippen molar-refractivity contribution in [3.8, 4) is 0 Å². The van der Waals surface area contributed by atoms with E-state index in [1.165, 1.54) is 6.42 Å². The van der Waals surface area contributed by atoms with Crippen molar-refractivity contribution < 1.29 is 9.59 Å². The van der Waals surface area contributed by atoms with E-state index in [1.54, 1.807) is 24.5 Å². The lowest BCUT2D eigenvalue weighted by Gasteiger charge is -2.30. The number of nitrogens with one attached hydrogen (secondary N) is 1. The number of hydrogen-bond donors (Lipinski definition) is 1. The molecule has 2 amide bonds. The largest absolute Gasteiger partial charge is 0.330 e. The Bertz CT molecular complexity index is 1090. The molecule has 3 aromatic rings. The highest BCUT2D eigenvalue weighted by atomic mass is 16.2. The number of nitrogens with zero attached hydrogens (tertiary/aromatic N) is 3. The quantitative estimate of drug-likeness (QED) is 0.733. The molecule has 1 aromatic carbocycles. The molecule has 1 aliphatic heterocycles. The van der Waals surface area contributed by atoms with E-state index in [0.717, 1.165) is 36.6 Å². The van der Waals surface area contributed by atoms with E-state index in [-0.39, 0.29) is 17.9 Å². The van der Waals surface area contributed by atoms with Crippen molar-refractivity contribution in [2.75, 3.05) is 5.32 Å². The van der Waals surface area contributed by atoms with Crippen LogP contribution in [0.25, 0.3) is 10.9 Å². The van der Waals surface area contributed by atoms with Gasteiger partial charge in [0, 0.05) is 29.7 Å². The maximum absolute atomic E-state index is 13.3. The van der Waals surface area contributed by atoms with Crippen molar-refractivity contribution in [2.45, 2.75) is 44.7 Å². The lowest BCUT2D eigenvalue weighted by Crippen LogP contribution is -2.37. The highest BCUT2D eigenvalue weighted by molar-refractivity contribution is 6.16. The van der Waals surface area contributed by atoms with Crippen LogP contribution in [0.3, 0.4) is 0 Å². The van der Waals surface area contributed by atoms with Gasteiger partial charge >= 0.3 is 0 Å². The van der Waals surface area contributed by atoms with Gasteiger partial charge in [0.1, 0.15) is 5.69 Å². The zero-order valence-electron chi connectivity index (χ0n) is 16.1. The van der Waals surface area contributed by atoms with Crippen LogP contribution < -0.4 is 5.32 Å². The van der Waals surface area contributed by atoms with Gasteiger partial charge in [-0.3, -0.25) is 14.6 Å². The smallest absolute Gasteiger partial charge is 0.273 e. The first-order valence-electron chi connectivity index (χ1n) is 10.2. The lowest BCUT2D eigenvalue weighted by atomic mass is 9.94. The fraction of sp³-hybridized carbons (Fsp3) is 0.304. The van der Waals surface area contributed by atoms with Gasteiger partial charge in [0.25, 0.3) is 11.8 Å². The van der Waals surface area contributed by atoms with Crippen LogP contribution >= 0.6 is 0 Å². The van der Waals surface area contributed by atoms with Gasteiger partial charge in [0.2, 0.25) is 0 Å². The Morgan fingerprint density at radius 2 is 1.90 bits per heavy atom. The average Bonchev–Trinajstić information content (AvgIpc) is 3.09. The summed E-state index contributed by atoms with van der Waals surface area (Å²) in [4.78, 5) is 37.1. The fourth-order valence-electron chi connectivity index (χ4n) is 4.54. The number of carbonyl (C=O) groups excluding carboxylic acids is 2. The Balaban J connectivity index is 1.59. The van der Waals surface area contributed by atoms with Crippen LogP contribution in [-0.4, -0.2) is 32.7 Å². The van der Waals surface area contributed by atoms with Crippen molar-refractivity contribution in [1.82, 2.24) is 14.9 Å². The topological polar surface area (TPSA) is 75.2 Å². The minimum atomic E-state index is -0.230. The SMILES string of the molecule is O=C(Nc1cccnc1)c1c2c(nc3ccccc13)C(=O)N(C1CCCCC1)C2. The summed E-state index contributed by atoms with van der Waals surface area (Å²) >= 11 is 0. The Morgan fingerprint density at radius 3 is 2.69 bits per heavy atom. The van der Waals surface area contributed by atoms with Gasteiger partial charge in [-0.2, -0.15) is 0 Å². The summed E-state index contributed by atoms with van der Waals surface area (Å²) in [5.41, 5.74) is 2.99. The zero-order valence-corrected chi connectivity index (χ0v) is 16.1. The second kappa shape index (κ2) is 7.28. The van der Waals surface area contributed by atoms with Crippen molar-refractivity contribution in [3.05, 3.63) is 65.6 Å². The summed E-state index contributed by atoms with van der Waals surface area (Å²) in [6.45, 7) is 0.451. The van der Waals surface area contributed by atoms with Crippen LogP contribution in [0, 0.1) is 0 Å². The molecule has 29 heavy (non-hydrogen) atoms. The second-order valence-electron chi connectivity index (χ2n) is 7.75. The molecule has 0 bridgehead atoms. The number of carbonyl (C=O) groups is 2. The van der Waals surface area contributed by atoms with E-state index in [1.807, 2.05) is 29.2 Å². The summed E-state index contributed by atoms with van der Waals surface area (Å²) < 4.78 is 0. The molecule has 1 aliphatic carbocycles. The number of fused-ring (bicyclic) bond motifs is 2. The number of anilines is 1. The molecule has 6 heteroatoms. The van der Waals surface area contributed by atoms with Crippen LogP contribution in [0.2, 0.25) is 0 Å². The molecule has 0 radical (unpaired) electrons. The third-order valence-electron chi connectivity index (χ3n) is 5.95. The highest BCUT2D eigenvalue weighted by Gasteiger charge is 2.38. The van der Waals surface area contributed by atoms with Gasteiger partial charge in [0.05, 0.1) is 23.0 Å². The van der Waals surface area contributed by atoms with E-state index < -0.39 is 0 Å². The first-order valence-corrected chi connectivity index (χ1v) is 10.2. The van der Waals surface area contributed by atoms with E-state index in [2.05, 4.69) is 15.3 Å². The first kappa shape index (κ1) is 17.8. The van der Waals surface area contributed by atoms with Crippen LogP contribution in [0.1, 0.15) is 58.5 Å². The second-order valence-corrected chi connectivity index (χ2v) is 7.75. The molecule has 1 N–H and O–H groups in total. The normalized spacial score (nSPS) is 16.8. The van der Waals surface area contributed by atoms with Crippen molar-refractivity contribution in [2.24, 2.45) is 0 Å². The molecule has 2 aliphatic rings. The Morgan fingerprint density at radius 1 is 1.07 bits per heavy atom. The number of pyridine rings is 2. The van der Waals surface area contributed by atoms with Gasteiger partial charge < -0.3 is 10.2 Å². The summed E-state index contributed by atoms with van der Waals surface area (Å²) in [6.07, 6.45) is 8.85.